The molecule has 1 spiro atoms. The van der Waals surface area contributed by atoms with Crippen LogP contribution in [0.3, 0.4) is 0 Å². The molecule has 2 aliphatic carbocycles. The zero-order valence-electron chi connectivity index (χ0n) is 19.6. The largest absolute Gasteiger partial charge is 0.303 e. The predicted molar refractivity (Wildman–Crippen MR) is 145 cm³/mol. The van der Waals surface area contributed by atoms with E-state index >= 15 is 0 Å². The number of rotatable bonds is 4. The Balaban J connectivity index is 1.18. The maximum absolute atomic E-state index is 6.40. The minimum absolute atomic E-state index is 0.307. The van der Waals surface area contributed by atoms with Gasteiger partial charge in [-0.3, -0.25) is 0 Å². The van der Waals surface area contributed by atoms with Crippen LogP contribution in [-0.2, 0) is 6.42 Å². The summed E-state index contributed by atoms with van der Waals surface area (Å²) in [6.07, 6.45) is 12.2. The second-order valence-corrected chi connectivity index (χ2v) is 11.2. The van der Waals surface area contributed by atoms with Crippen molar-refractivity contribution < 1.29 is 0 Å². The zero-order chi connectivity index (χ0) is 23.1. The van der Waals surface area contributed by atoms with Crippen molar-refractivity contribution in [3.05, 3.63) is 105 Å². The Morgan fingerprint density at radius 2 is 1.59 bits per heavy atom. The second kappa shape index (κ2) is 9.19. The third-order valence-corrected chi connectivity index (χ3v) is 8.85. The van der Waals surface area contributed by atoms with Crippen molar-refractivity contribution in [2.24, 2.45) is 5.41 Å². The molecule has 0 bridgehead atoms. The van der Waals surface area contributed by atoms with Gasteiger partial charge in [0, 0.05) is 22.5 Å². The van der Waals surface area contributed by atoms with Gasteiger partial charge in [-0.15, -0.1) is 0 Å². The average molecular weight is 489 g/mol. The van der Waals surface area contributed by atoms with Gasteiger partial charge in [-0.1, -0.05) is 77.8 Å². The fourth-order valence-electron chi connectivity index (χ4n) is 6.70. The summed E-state index contributed by atoms with van der Waals surface area (Å²) in [5.74, 6) is 0.421. The van der Waals surface area contributed by atoms with Crippen LogP contribution in [0, 0.1) is 5.41 Å². The molecule has 1 nitrogen and oxygen atoms in total. The van der Waals surface area contributed by atoms with Crippen molar-refractivity contribution in [1.82, 2.24) is 4.90 Å². The zero-order valence-corrected chi connectivity index (χ0v) is 21.1. The van der Waals surface area contributed by atoms with Crippen molar-refractivity contribution in [2.75, 3.05) is 19.6 Å². The van der Waals surface area contributed by atoms with Gasteiger partial charge < -0.3 is 4.90 Å². The first kappa shape index (κ1) is 22.4. The SMILES string of the molecule is Clc1cc(Cl)cc(C2CC3(CCN(CCc4cccc5ccccc45)CC3)C3=CCCC=C32)c1. The normalized spacial score (nSPS) is 22.0. The van der Waals surface area contributed by atoms with E-state index in [1.54, 1.807) is 11.1 Å². The summed E-state index contributed by atoms with van der Waals surface area (Å²) in [6.45, 7) is 3.50. The topological polar surface area (TPSA) is 3.24 Å². The fourth-order valence-corrected chi connectivity index (χ4v) is 7.24. The Labute approximate surface area is 213 Å². The summed E-state index contributed by atoms with van der Waals surface area (Å²) < 4.78 is 0. The molecule has 0 aromatic heterocycles. The van der Waals surface area contributed by atoms with Crippen molar-refractivity contribution in [1.29, 1.82) is 0 Å². The van der Waals surface area contributed by atoms with Crippen molar-refractivity contribution >= 4 is 34.0 Å². The first-order valence-corrected chi connectivity index (χ1v) is 13.4. The number of hydrogen-bond acceptors (Lipinski definition) is 1. The lowest BCUT2D eigenvalue weighted by Crippen LogP contribution is -2.40. The maximum Gasteiger partial charge on any atom is 0.0423 e. The van der Waals surface area contributed by atoms with E-state index in [-0.39, 0.29) is 0 Å². The lowest BCUT2D eigenvalue weighted by atomic mass is 9.72. The molecule has 3 heteroatoms. The van der Waals surface area contributed by atoms with Gasteiger partial charge in [0.05, 0.1) is 0 Å². The highest BCUT2D eigenvalue weighted by Crippen LogP contribution is 2.59. The molecule has 6 rings (SSSR count). The van der Waals surface area contributed by atoms with Crippen LogP contribution in [0.5, 0.6) is 0 Å². The standard InChI is InChI=1S/C31H31Cl2N/c32-25-18-24(19-26(33)20-25)29-21-31(30-11-4-3-10-28(29)30)13-16-34(17-14-31)15-12-23-8-5-7-22-6-1-2-9-27(22)23/h1-2,5-11,18-20,29H,3-4,12-17,21H2. The molecule has 2 fully saturated rings. The summed E-state index contributed by atoms with van der Waals surface area (Å²) in [5.41, 5.74) is 6.24. The summed E-state index contributed by atoms with van der Waals surface area (Å²) in [6, 6.07) is 21.6. The van der Waals surface area contributed by atoms with Crippen molar-refractivity contribution in [3.8, 4) is 0 Å². The first-order valence-electron chi connectivity index (χ1n) is 12.7. The van der Waals surface area contributed by atoms with Crippen LogP contribution in [0.15, 0.2) is 84.0 Å². The number of halogens is 2. The Bertz CT molecular complexity index is 1250. The van der Waals surface area contributed by atoms with Crippen LogP contribution in [-0.4, -0.2) is 24.5 Å². The molecular weight excluding hydrogens is 457 g/mol. The molecule has 1 heterocycles. The smallest absolute Gasteiger partial charge is 0.0423 e. The van der Waals surface area contributed by atoms with Crippen LogP contribution in [0.1, 0.15) is 49.1 Å². The van der Waals surface area contributed by atoms with Gasteiger partial charge in [0.15, 0.2) is 0 Å². The minimum atomic E-state index is 0.307. The molecule has 1 unspecified atom stereocenters. The molecule has 0 N–H and O–H groups in total. The number of hydrogen-bond donors (Lipinski definition) is 0. The van der Waals surface area contributed by atoms with Crippen LogP contribution in [0.4, 0.5) is 0 Å². The number of nitrogens with zero attached hydrogens (tertiary/aromatic N) is 1. The molecule has 174 valence electrons. The summed E-state index contributed by atoms with van der Waals surface area (Å²) in [5, 5.41) is 4.24. The molecule has 0 amide bonds. The third kappa shape index (κ3) is 4.13. The molecule has 1 saturated carbocycles. The summed E-state index contributed by atoms with van der Waals surface area (Å²) in [7, 11) is 0. The summed E-state index contributed by atoms with van der Waals surface area (Å²) >= 11 is 12.8. The molecule has 3 aromatic rings. The Morgan fingerprint density at radius 3 is 2.41 bits per heavy atom. The van der Waals surface area contributed by atoms with Crippen LogP contribution >= 0.6 is 23.2 Å². The van der Waals surface area contributed by atoms with E-state index in [9.17, 15) is 0 Å². The van der Waals surface area contributed by atoms with Crippen LogP contribution < -0.4 is 0 Å². The average Bonchev–Trinajstić information content (AvgIpc) is 3.17. The predicted octanol–water partition coefficient (Wildman–Crippen LogP) is 8.61. The van der Waals surface area contributed by atoms with Crippen LogP contribution in [0.2, 0.25) is 10.0 Å². The highest BCUT2D eigenvalue weighted by atomic mass is 35.5. The van der Waals surface area contributed by atoms with E-state index in [2.05, 4.69) is 71.6 Å². The number of likely N-dealkylation sites (tertiary alicyclic amines) is 1. The molecule has 0 radical (unpaired) electrons. The highest BCUT2D eigenvalue weighted by molar-refractivity contribution is 6.34. The molecule has 3 aliphatic rings. The molecule has 3 aromatic carbocycles. The number of benzene rings is 3. The Kier molecular flexibility index (Phi) is 6.06. The van der Waals surface area contributed by atoms with Gasteiger partial charge in [-0.2, -0.15) is 0 Å². The number of allylic oxidation sites excluding steroid dienone is 4. The monoisotopic (exact) mass is 487 g/mol. The number of piperidine rings is 1. The van der Waals surface area contributed by atoms with Gasteiger partial charge in [0.2, 0.25) is 0 Å². The Morgan fingerprint density at radius 1 is 0.853 bits per heavy atom. The van der Waals surface area contributed by atoms with Gasteiger partial charge >= 0.3 is 0 Å². The number of fused-ring (bicyclic) bond motifs is 3. The van der Waals surface area contributed by atoms with Crippen molar-refractivity contribution in [2.45, 2.75) is 44.4 Å². The van der Waals surface area contributed by atoms with E-state index in [1.165, 1.54) is 60.7 Å². The van der Waals surface area contributed by atoms with Crippen molar-refractivity contribution in [3.63, 3.8) is 0 Å². The maximum atomic E-state index is 6.40. The highest BCUT2D eigenvalue weighted by Gasteiger charge is 2.48. The fraction of sp³-hybridized carbons (Fsp3) is 0.355. The van der Waals surface area contributed by atoms with E-state index in [0.29, 0.717) is 11.3 Å². The lowest BCUT2D eigenvalue weighted by molar-refractivity contribution is 0.134. The van der Waals surface area contributed by atoms with Gasteiger partial charge in [0.25, 0.3) is 0 Å². The van der Waals surface area contributed by atoms with E-state index < -0.39 is 0 Å². The quantitative estimate of drug-likeness (QED) is 0.355. The van der Waals surface area contributed by atoms with E-state index in [0.717, 1.165) is 29.4 Å². The molecular formula is C31H31Cl2N. The second-order valence-electron chi connectivity index (χ2n) is 10.3. The van der Waals surface area contributed by atoms with Crippen LogP contribution in [0.25, 0.3) is 10.8 Å². The third-order valence-electron chi connectivity index (χ3n) is 8.41. The Hall–Kier alpha value is -2.06. The molecule has 1 aliphatic heterocycles. The first-order chi connectivity index (χ1) is 16.6. The van der Waals surface area contributed by atoms with E-state index in [1.807, 2.05) is 6.07 Å². The van der Waals surface area contributed by atoms with Gasteiger partial charge in [0.1, 0.15) is 0 Å². The minimum Gasteiger partial charge on any atom is -0.303 e. The molecule has 1 saturated heterocycles. The summed E-state index contributed by atoms with van der Waals surface area (Å²) in [4.78, 5) is 2.68. The van der Waals surface area contributed by atoms with E-state index in [4.69, 9.17) is 23.2 Å². The molecule has 34 heavy (non-hydrogen) atoms. The van der Waals surface area contributed by atoms with Gasteiger partial charge in [-0.05, 0) is 108 Å². The molecule has 1 atom stereocenters. The van der Waals surface area contributed by atoms with Gasteiger partial charge in [-0.25, -0.2) is 0 Å². The lowest BCUT2D eigenvalue weighted by Gasteiger charge is -2.41.